The van der Waals surface area contributed by atoms with E-state index in [1.807, 2.05) is 30.3 Å². The van der Waals surface area contributed by atoms with E-state index in [4.69, 9.17) is 5.73 Å². The summed E-state index contributed by atoms with van der Waals surface area (Å²) in [4.78, 5) is 23.3. The maximum absolute atomic E-state index is 12.4. The topological polar surface area (TPSA) is 102 Å². The van der Waals surface area contributed by atoms with Crippen LogP contribution in [0.15, 0.2) is 42.7 Å². The quantitative estimate of drug-likeness (QED) is 0.752. The van der Waals surface area contributed by atoms with Crippen molar-refractivity contribution in [2.45, 2.75) is 38.3 Å². The molecule has 1 unspecified atom stereocenters. The van der Waals surface area contributed by atoms with Gasteiger partial charge in [-0.15, -0.1) is 0 Å². The van der Waals surface area contributed by atoms with Gasteiger partial charge in [0.2, 0.25) is 5.91 Å². The molecule has 0 saturated heterocycles. The maximum Gasteiger partial charge on any atom is 0.319 e. The second kappa shape index (κ2) is 7.83. The lowest BCUT2D eigenvalue weighted by Gasteiger charge is -2.25. The fourth-order valence-corrected chi connectivity index (χ4v) is 3.41. The Morgan fingerprint density at radius 1 is 1.24 bits per heavy atom. The number of nitrogens with two attached hydrogens (primary N) is 1. The van der Waals surface area contributed by atoms with Gasteiger partial charge in [0.25, 0.3) is 0 Å². The number of aromatic nitrogens is 2. The lowest BCUT2D eigenvalue weighted by atomic mass is 9.92. The zero-order valence-corrected chi connectivity index (χ0v) is 14.0. The van der Waals surface area contributed by atoms with E-state index in [-0.39, 0.29) is 18.6 Å². The largest absolute Gasteiger partial charge is 0.368 e. The number of carbonyl (C=O) groups is 2. The zero-order valence-electron chi connectivity index (χ0n) is 14.0. The van der Waals surface area contributed by atoms with Crippen molar-refractivity contribution in [3.05, 3.63) is 48.3 Å². The van der Waals surface area contributed by atoms with Crippen molar-refractivity contribution in [2.24, 2.45) is 11.7 Å². The molecule has 0 spiro atoms. The predicted molar refractivity (Wildman–Crippen MR) is 94.7 cm³/mol. The van der Waals surface area contributed by atoms with Gasteiger partial charge < -0.3 is 16.4 Å². The summed E-state index contributed by atoms with van der Waals surface area (Å²) in [5, 5.41) is 9.87. The minimum Gasteiger partial charge on any atom is -0.368 e. The molecule has 4 N–H and O–H groups in total. The van der Waals surface area contributed by atoms with E-state index in [1.54, 1.807) is 6.20 Å². The third kappa shape index (κ3) is 4.59. The molecule has 1 aliphatic carbocycles. The number of hydrogen-bond acceptors (Lipinski definition) is 3. The van der Waals surface area contributed by atoms with Gasteiger partial charge in [0, 0.05) is 6.20 Å². The summed E-state index contributed by atoms with van der Waals surface area (Å²) in [6.07, 6.45) is 7.73. The third-order valence-corrected chi connectivity index (χ3v) is 4.53. The number of rotatable bonds is 6. The number of urea groups is 1. The van der Waals surface area contributed by atoms with Crippen LogP contribution >= 0.6 is 0 Å². The second-order valence-electron chi connectivity index (χ2n) is 6.42. The molecule has 1 aliphatic rings. The van der Waals surface area contributed by atoms with Crippen LogP contribution in [0.2, 0.25) is 0 Å². The van der Waals surface area contributed by atoms with Crippen LogP contribution in [0.3, 0.4) is 0 Å². The number of amides is 3. The van der Waals surface area contributed by atoms with Crippen molar-refractivity contribution in [2.75, 3.05) is 5.32 Å². The average Bonchev–Trinajstić information content (AvgIpc) is 3.25. The SMILES string of the molecule is NC(=O)Cn1cc(NC(=O)NC(c2ccccc2)C2CCCC2)cn1. The van der Waals surface area contributed by atoms with Gasteiger partial charge in [-0.3, -0.25) is 9.48 Å². The van der Waals surface area contributed by atoms with Crippen molar-refractivity contribution in [3.8, 4) is 0 Å². The van der Waals surface area contributed by atoms with Gasteiger partial charge in [-0.05, 0) is 24.3 Å². The van der Waals surface area contributed by atoms with Crippen molar-refractivity contribution < 1.29 is 9.59 Å². The van der Waals surface area contributed by atoms with Crippen LogP contribution in [-0.4, -0.2) is 21.7 Å². The second-order valence-corrected chi connectivity index (χ2v) is 6.42. The van der Waals surface area contributed by atoms with E-state index in [1.165, 1.54) is 23.7 Å². The lowest BCUT2D eigenvalue weighted by molar-refractivity contribution is -0.118. The molecule has 0 bridgehead atoms. The van der Waals surface area contributed by atoms with Gasteiger partial charge in [-0.2, -0.15) is 5.10 Å². The Morgan fingerprint density at radius 3 is 2.64 bits per heavy atom. The van der Waals surface area contributed by atoms with E-state index in [2.05, 4.69) is 15.7 Å². The van der Waals surface area contributed by atoms with Gasteiger partial charge in [0.05, 0.1) is 17.9 Å². The maximum atomic E-state index is 12.4. The van der Waals surface area contributed by atoms with E-state index in [9.17, 15) is 9.59 Å². The summed E-state index contributed by atoms with van der Waals surface area (Å²) in [5.74, 6) is -0.0322. The smallest absolute Gasteiger partial charge is 0.319 e. The number of primary amides is 1. The standard InChI is InChI=1S/C18H23N5O2/c19-16(24)12-23-11-15(10-20-23)21-18(25)22-17(14-8-4-5-9-14)13-6-2-1-3-7-13/h1-3,6-7,10-11,14,17H,4-5,8-9,12H2,(H2,19,24)(H2,21,22,25). The number of nitrogens with one attached hydrogen (secondary N) is 2. The first-order valence-corrected chi connectivity index (χ1v) is 8.55. The van der Waals surface area contributed by atoms with Gasteiger partial charge in [-0.1, -0.05) is 43.2 Å². The summed E-state index contributed by atoms with van der Waals surface area (Å²) in [6, 6.07) is 9.77. The monoisotopic (exact) mass is 341 g/mol. The predicted octanol–water partition coefficient (Wildman–Crippen LogP) is 2.42. The average molecular weight is 341 g/mol. The van der Waals surface area contributed by atoms with E-state index in [0.29, 0.717) is 11.6 Å². The van der Waals surface area contributed by atoms with Gasteiger partial charge >= 0.3 is 6.03 Å². The highest BCUT2D eigenvalue weighted by Gasteiger charge is 2.27. The van der Waals surface area contributed by atoms with Crippen LogP contribution < -0.4 is 16.4 Å². The Morgan fingerprint density at radius 2 is 1.96 bits per heavy atom. The van der Waals surface area contributed by atoms with Gasteiger partial charge in [-0.25, -0.2) is 4.79 Å². The van der Waals surface area contributed by atoms with Crippen LogP contribution in [0.25, 0.3) is 0 Å². The normalized spacial score (nSPS) is 15.7. The number of benzene rings is 1. The van der Waals surface area contributed by atoms with Crippen molar-refractivity contribution >= 4 is 17.6 Å². The molecule has 7 heteroatoms. The number of carbonyl (C=O) groups excluding carboxylic acids is 2. The van der Waals surface area contributed by atoms with E-state index in [0.717, 1.165) is 18.4 Å². The Bertz CT molecular complexity index is 722. The van der Waals surface area contributed by atoms with Crippen LogP contribution in [-0.2, 0) is 11.3 Å². The van der Waals surface area contributed by atoms with E-state index < -0.39 is 5.91 Å². The van der Waals surface area contributed by atoms with Crippen LogP contribution in [0.1, 0.15) is 37.3 Å². The molecule has 25 heavy (non-hydrogen) atoms. The Labute approximate surface area is 146 Å². The minimum absolute atomic E-state index is 0.00985. The molecule has 1 aromatic carbocycles. The molecule has 3 amide bonds. The fourth-order valence-electron chi connectivity index (χ4n) is 3.41. The molecule has 1 atom stereocenters. The molecule has 132 valence electrons. The molecule has 0 aliphatic heterocycles. The molecular formula is C18H23N5O2. The zero-order chi connectivity index (χ0) is 17.6. The molecular weight excluding hydrogens is 318 g/mol. The van der Waals surface area contributed by atoms with E-state index >= 15 is 0 Å². The molecule has 1 heterocycles. The molecule has 0 radical (unpaired) electrons. The number of hydrogen-bond donors (Lipinski definition) is 3. The first-order valence-electron chi connectivity index (χ1n) is 8.55. The summed E-state index contributed by atoms with van der Waals surface area (Å²) < 4.78 is 1.39. The molecule has 2 aromatic rings. The van der Waals surface area contributed by atoms with Crippen LogP contribution in [0.5, 0.6) is 0 Å². The molecule has 1 aromatic heterocycles. The summed E-state index contributed by atoms with van der Waals surface area (Å²) >= 11 is 0. The summed E-state index contributed by atoms with van der Waals surface area (Å²) in [6.45, 7) is -0.0159. The van der Waals surface area contributed by atoms with Crippen LogP contribution in [0.4, 0.5) is 10.5 Å². The Balaban J connectivity index is 1.66. The molecule has 3 rings (SSSR count). The lowest BCUT2D eigenvalue weighted by Crippen LogP contribution is -2.35. The van der Waals surface area contributed by atoms with Gasteiger partial charge in [0.15, 0.2) is 0 Å². The third-order valence-electron chi connectivity index (χ3n) is 4.53. The first-order chi connectivity index (χ1) is 12.1. The number of nitrogens with zero attached hydrogens (tertiary/aromatic N) is 2. The fraction of sp³-hybridized carbons (Fsp3) is 0.389. The number of anilines is 1. The van der Waals surface area contributed by atoms with Crippen molar-refractivity contribution in [1.29, 1.82) is 0 Å². The summed E-state index contributed by atoms with van der Waals surface area (Å²) in [7, 11) is 0. The van der Waals surface area contributed by atoms with Gasteiger partial charge in [0.1, 0.15) is 6.54 Å². The highest BCUT2D eigenvalue weighted by molar-refractivity contribution is 5.89. The first kappa shape index (κ1) is 17.0. The van der Waals surface area contributed by atoms with Crippen molar-refractivity contribution in [3.63, 3.8) is 0 Å². The molecule has 1 fully saturated rings. The highest BCUT2D eigenvalue weighted by Crippen LogP contribution is 2.35. The van der Waals surface area contributed by atoms with Crippen LogP contribution in [0, 0.1) is 5.92 Å². The minimum atomic E-state index is -0.482. The molecule has 1 saturated carbocycles. The molecule has 7 nitrogen and oxygen atoms in total. The Hall–Kier alpha value is -2.83. The highest BCUT2D eigenvalue weighted by atomic mass is 16.2. The Kier molecular flexibility index (Phi) is 5.33. The van der Waals surface area contributed by atoms with Crippen molar-refractivity contribution in [1.82, 2.24) is 15.1 Å². The summed E-state index contributed by atoms with van der Waals surface area (Å²) in [5.41, 5.74) is 6.78.